The highest BCUT2D eigenvalue weighted by atomic mass is 16.7. The summed E-state index contributed by atoms with van der Waals surface area (Å²) in [5.41, 5.74) is 0.834. The molecule has 1 aliphatic carbocycles. The van der Waals surface area contributed by atoms with Gasteiger partial charge in [-0.05, 0) is 50.7 Å². The molecule has 0 unspecified atom stereocenters. The lowest BCUT2D eigenvalue weighted by Gasteiger charge is -2.26. The second-order valence-electron chi connectivity index (χ2n) is 8.71. The van der Waals surface area contributed by atoms with E-state index < -0.39 is 0 Å². The summed E-state index contributed by atoms with van der Waals surface area (Å²) in [5.74, 6) is 1.03. The molecule has 1 aromatic heterocycles. The predicted molar refractivity (Wildman–Crippen MR) is 135 cm³/mol. The van der Waals surface area contributed by atoms with Crippen LogP contribution in [-0.4, -0.2) is 48.3 Å². The van der Waals surface area contributed by atoms with Gasteiger partial charge >= 0.3 is 6.03 Å². The number of rotatable bonds is 14. The Bertz CT molecular complexity index is 745. The first-order chi connectivity index (χ1) is 16.7. The molecule has 0 aromatic carbocycles. The van der Waals surface area contributed by atoms with Crippen LogP contribution in [0.15, 0.2) is 29.5 Å². The smallest absolute Gasteiger partial charge is 0.341 e. The minimum absolute atomic E-state index is 0.125. The van der Waals surface area contributed by atoms with E-state index in [9.17, 15) is 4.79 Å². The van der Waals surface area contributed by atoms with E-state index in [-0.39, 0.29) is 6.03 Å². The van der Waals surface area contributed by atoms with Crippen molar-refractivity contribution in [2.45, 2.75) is 77.6 Å². The molecule has 1 saturated carbocycles. The lowest BCUT2D eigenvalue weighted by molar-refractivity contribution is -0.132. The first-order valence-electron chi connectivity index (χ1n) is 12.8. The largest absolute Gasteiger partial charge is 0.355 e. The van der Waals surface area contributed by atoms with Crippen LogP contribution < -0.4 is 16.0 Å². The second-order valence-corrected chi connectivity index (χ2v) is 8.71. The van der Waals surface area contributed by atoms with Crippen LogP contribution in [0.25, 0.3) is 0 Å². The topological polar surface area (TPSA) is 115 Å². The number of hydrogen-bond acceptors (Lipinski definition) is 5. The number of hydrogen-bond donors (Lipinski definition) is 3. The molecule has 1 fully saturated rings. The Labute approximate surface area is 204 Å². The molecule has 0 aliphatic heterocycles. The van der Waals surface area contributed by atoms with Gasteiger partial charge in [0, 0.05) is 31.2 Å². The highest BCUT2D eigenvalue weighted by Crippen LogP contribution is 2.24. The van der Waals surface area contributed by atoms with E-state index in [4.69, 9.17) is 10.1 Å². The SMILES string of the molecule is CCNC(=O)N(CCCCCCCCN/C(=N\C#N)Nc1ccncc1)OCC1CCCCC1. The van der Waals surface area contributed by atoms with Crippen LogP contribution in [0.3, 0.4) is 0 Å². The van der Waals surface area contributed by atoms with Gasteiger partial charge in [0.1, 0.15) is 0 Å². The summed E-state index contributed by atoms with van der Waals surface area (Å²) in [6.45, 7) is 4.57. The van der Waals surface area contributed by atoms with E-state index in [1.54, 1.807) is 12.4 Å². The van der Waals surface area contributed by atoms with E-state index in [2.05, 4.69) is 25.9 Å². The van der Waals surface area contributed by atoms with Gasteiger partial charge in [-0.3, -0.25) is 9.82 Å². The molecule has 1 aromatic rings. The van der Waals surface area contributed by atoms with Crippen molar-refractivity contribution in [2.24, 2.45) is 10.9 Å². The zero-order valence-corrected chi connectivity index (χ0v) is 20.6. The first-order valence-corrected chi connectivity index (χ1v) is 12.8. The Morgan fingerprint density at radius 1 is 1.12 bits per heavy atom. The summed E-state index contributed by atoms with van der Waals surface area (Å²) in [5, 5.41) is 19.5. The summed E-state index contributed by atoms with van der Waals surface area (Å²) in [6, 6.07) is 3.52. The number of aliphatic imine (C=N–C) groups is 1. The third kappa shape index (κ3) is 11.8. The Morgan fingerprint density at radius 3 is 2.53 bits per heavy atom. The van der Waals surface area contributed by atoms with Crippen molar-refractivity contribution in [1.82, 2.24) is 20.7 Å². The van der Waals surface area contributed by atoms with Crippen LogP contribution in [0.1, 0.15) is 77.6 Å². The summed E-state index contributed by atoms with van der Waals surface area (Å²) < 4.78 is 0. The Balaban J connectivity index is 1.55. The van der Waals surface area contributed by atoms with Gasteiger partial charge in [0.15, 0.2) is 0 Å². The van der Waals surface area contributed by atoms with Crippen molar-refractivity contribution in [1.29, 1.82) is 5.26 Å². The average molecular weight is 472 g/mol. The van der Waals surface area contributed by atoms with Crippen LogP contribution in [0, 0.1) is 17.4 Å². The number of amides is 2. The molecule has 9 nitrogen and oxygen atoms in total. The fourth-order valence-corrected chi connectivity index (χ4v) is 4.04. The van der Waals surface area contributed by atoms with Gasteiger partial charge in [0.2, 0.25) is 12.2 Å². The number of carbonyl (C=O) groups is 1. The summed E-state index contributed by atoms with van der Waals surface area (Å²) >= 11 is 0. The van der Waals surface area contributed by atoms with Crippen LogP contribution in [0.5, 0.6) is 0 Å². The van der Waals surface area contributed by atoms with E-state index in [1.165, 1.54) is 37.2 Å². The normalized spacial score (nSPS) is 14.3. The fourth-order valence-electron chi connectivity index (χ4n) is 4.04. The summed E-state index contributed by atoms with van der Waals surface area (Å²) in [7, 11) is 0. The molecular formula is C25H41N7O2. The van der Waals surface area contributed by atoms with Gasteiger partial charge in [0.25, 0.3) is 0 Å². The van der Waals surface area contributed by atoms with Crippen LogP contribution in [0.2, 0.25) is 0 Å². The minimum Gasteiger partial charge on any atom is -0.355 e. The highest BCUT2D eigenvalue weighted by Gasteiger charge is 2.18. The number of pyridine rings is 1. The Hall–Kier alpha value is -2.86. The molecule has 2 rings (SSSR count). The number of urea groups is 1. The third-order valence-corrected chi connectivity index (χ3v) is 5.93. The molecule has 0 bridgehead atoms. The molecule has 0 radical (unpaired) electrons. The van der Waals surface area contributed by atoms with Crippen molar-refractivity contribution in [3.63, 3.8) is 0 Å². The van der Waals surface area contributed by atoms with E-state index in [1.807, 2.05) is 25.2 Å². The van der Waals surface area contributed by atoms with Gasteiger partial charge in [-0.1, -0.05) is 44.9 Å². The average Bonchev–Trinajstić information content (AvgIpc) is 2.86. The van der Waals surface area contributed by atoms with E-state index >= 15 is 0 Å². The zero-order valence-electron chi connectivity index (χ0n) is 20.6. The van der Waals surface area contributed by atoms with Gasteiger partial charge in [-0.2, -0.15) is 5.26 Å². The number of nitrogens with zero attached hydrogens (tertiary/aromatic N) is 4. The highest BCUT2D eigenvalue weighted by molar-refractivity contribution is 5.94. The van der Waals surface area contributed by atoms with E-state index in [0.717, 1.165) is 50.8 Å². The molecular weight excluding hydrogens is 430 g/mol. The summed E-state index contributed by atoms with van der Waals surface area (Å²) in [4.78, 5) is 26.0. The molecule has 9 heteroatoms. The quantitative estimate of drug-likeness (QED) is 0.118. The maximum atomic E-state index is 12.3. The lowest BCUT2D eigenvalue weighted by Crippen LogP contribution is -2.41. The number of anilines is 1. The Kier molecular flexibility index (Phi) is 14.2. The van der Waals surface area contributed by atoms with Crippen molar-refractivity contribution in [3.05, 3.63) is 24.5 Å². The number of guanidine groups is 1. The molecule has 0 spiro atoms. The second kappa shape index (κ2) is 17.6. The number of nitriles is 1. The molecule has 34 heavy (non-hydrogen) atoms. The monoisotopic (exact) mass is 471 g/mol. The molecule has 0 saturated heterocycles. The van der Waals surface area contributed by atoms with Crippen LogP contribution in [-0.2, 0) is 4.84 Å². The number of nitrogens with one attached hydrogen (secondary N) is 3. The van der Waals surface area contributed by atoms with Gasteiger partial charge in [-0.15, -0.1) is 4.99 Å². The number of aromatic nitrogens is 1. The summed E-state index contributed by atoms with van der Waals surface area (Å²) in [6.07, 6.45) is 17.8. The number of carbonyl (C=O) groups excluding carboxylic acids is 1. The number of unbranched alkanes of at least 4 members (excludes halogenated alkanes) is 5. The minimum atomic E-state index is -0.125. The van der Waals surface area contributed by atoms with Crippen LogP contribution in [0.4, 0.5) is 10.5 Å². The molecule has 3 N–H and O–H groups in total. The van der Waals surface area contributed by atoms with Crippen molar-refractivity contribution in [3.8, 4) is 6.19 Å². The van der Waals surface area contributed by atoms with Crippen LogP contribution >= 0.6 is 0 Å². The zero-order chi connectivity index (χ0) is 24.3. The first kappa shape index (κ1) is 27.4. The van der Waals surface area contributed by atoms with Gasteiger partial charge in [0.05, 0.1) is 13.2 Å². The standard InChI is InChI=1S/C25H41N7O2/c1-2-28-25(33)32(34-20-22-12-8-7-9-13-22)19-11-6-4-3-5-10-16-29-24(30-21-26)31-23-14-17-27-18-15-23/h14-15,17-18,22H,2-13,16,19-20H2,1H3,(H,28,33)(H2,27,29,30,31). The maximum absolute atomic E-state index is 12.3. The molecule has 1 heterocycles. The van der Waals surface area contributed by atoms with Crippen molar-refractivity contribution < 1.29 is 9.63 Å². The van der Waals surface area contributed by atoms with Gasteiger partial charge < -0.3 is 16.0 Å². The molecule has 188 valence electrons. The van der Waals surface area contributed by atoms with Crippen molar-refractivity contribution >= 4 is 17.7 Å². The molecule has 0 atom stereocenters. The molecule has 2 amide bonds. The number of hydroxylamine groups is 2. The third-order valence-electron chi connectivity index (χ3n) is 5.93. The fraction of sp³-hybridized carbons (Fsp3) is 0.680. The maximum Gasteiger partial charge on any atom is 0.341 e. The predicted octanol–water partition coefficient (Wildman–Crippen LogP) is 4.80. The molecule has 1 aliphatic rings. The van der Waals surface area contributed by atoms with Gasteiger partial charge in [-0.25, -0.2) is 9.86 Å². The lowest BCUT2D eigenvalue weighted by atomic mass is 9.90. The van der Waals surface area contributed by atoms with Crippen molar-refractivity contribution in [2.75, 3.05) is 31.6 Å². The Morgan fingerprint density at radius 2 is 1.82 bits per heavy atom. The van der Waals surface area contributed by atoms with E-state index in [0.29, 0.717) is 31.6 Å².